The van der Waals surface area contributed by atoms with Crippen LogP contribution in [0.4, 0.5) is 5.69 Å². The molecule has 5 nitrogen and oxygen atoms in total. The third kappa shape index (κ3) is 5.33. The van der Waals surface area contributed by atoms with Gasteiger partial charge in [-0.1, -0.05) is 18.2 Å². The lowest BCUT2D eigenvalue weighted by Crippen LogP contribution is -2.44. The second kappa shape index (κ2) is 10.1. The fourth-order valence-corrected chi connectivity index (χ4v) is 3.60. The minimum atomic E-state index is 0. The molecule has 0 amide bonds. The number of pyridine rings is 1. The first-order valence-corrected chi connectivity index (χ1v) is 9.34. The summed E-state index contributed by atoms with van der Waals surface area (Å²) in [5, 5.41) is 6.90. The molecule has 3 rings (SSSR count). The summed E-state index contributed by atoms with van der Waals surface area (Å²) in [6.45, 7) is 4.75. The van der Waals surface area contributed by atoms with Crippen LogP contribution in [0.5, 0.6) is 0 Å². The summed E-state index contributed by atoms with van der Waals surface area (Å²) in [4.78, 5) is 11.2. The first-order chi connectivity index (χ1) is 12.2. The molecule has 2 aromatic rings. The SMILES string of the molecule is CN=C(NCc1ncccc1C)NC1CCN(c2ccccc2Br)C1.I. The molecule has 1 unspecified atom stereocenters. The zero-order valence-electron chi connectivity index (χ0n) is 15.1. The van der Waals surface area contributed by atoms with Gasteiger partial charge in [-0.05, 0) is 53.0 Å². The maximum Gasteiger partial charge on any atom is 0.191 e. The molecule has 1 aliphatic heterocycles. The molecule has 1 fully saturated rings. The van der Waals surface area contributed by atoms with Crippen molar-refractivity contribution in [3.8, 4) is 0 Å². The van der Waals surface area contributed by atoms with Gasteiger partial charge in [0.05, 0.1) is 17.9 Å². The summed E-state index contributed by atoms with van der Waals surface area (Å²) >= 11 is 3.64. The Bertz CT molecular complexity index is 752. The van der Waals surface area contributed by atoms with Gasteiger partial charge in [-0.25, -0.2) is 0 Å². The lowest BCUT2D eigenvalue weighted by atomic mass is 10.2. The first-order valence-electron chi connectivity index (χ1n) is 8.54. The van der Waals surface area contributed by atoms with E-state index in [2.05, 4.69) is 72.6 Å². The monoisotopic (exact) mass is 529 g/mol. The molecule has 0 aliphatic carbocycles. The highest BCUT2D eigenvalue weighted by Gasteiger charge is 2.24. The molecule has 0 saturated carbocycles. The molecule has 1 aromatic carbocycles. The van der Waals surface area contributed by atoms with E-state index in [0.717, 1.165) is 35.6 Å². The molecular weight excluding hydrogens is 505 g/mol. The number of guanidine groups is 1. The molecule has 1 saturated heterocycles. The Kier molecular flexibility index (Phi) is 8.15. The Morgan fingerprint density at radius 3 is 2.85 bits per heavy atom. The molecule has 1 atom stereocenters. The van der Waals surface area contributed by atoms with Crippen molar-refractivity contribution >= 4 is 51.6 Å². The Labute approximate surface area is 180 Å². The van der Waals surface area contributed by atoms with Gasteiger partial charge in [-0.2, -0.15) is 0 Å². The van der Waals surface area contributed by atoms with E-state index in [-0.39, 0.29) is 24.0 Å². The van der Waals surface area contributed by atoms with Gasteiger partial charge in [0.2, 0.25) is 0 Å². The zero-order valence-corrected chi connectivity index (χ0v) is 19.0. The van der Waals surface area contributed by atoms with Crippen LogP contribution in [0, 0.1) is 6.92 Å². The molecule has 0 radical (unpaired) electrons. The van der Waals surface area contributed by atoms with Crippen LogP contribution in [-0.2, 0) is 6.54 Å². The number of aromatic nitrogens is 1. The van der Waals surface area contributed by atoms with Crippen LogP contribution in [0.1, 0.15) is 17.7 Å². The van der Waals surface area contributed by atoms with Gasteiger partial charge < -0.3 is 15.5 Å². The number of hydrogen-bond acceptors (Lipinski definition) is 3. The predicted molar refractivity (Wildman–Crippen MR) is 122 cm³/mol. The van der Waals surface area contributed by atoms with Crippen molar-refractivity contribution in [2.24, 2.45) is 4.99 Å². The van der Waals surface area contributed by atoms with Crippen molar-refractivity contribution in [2.45, 2.75) is 25.9 Å². The lowest BCUT2D eigenvalue weighted by Gasteiger charge is -2.21. The van der Waals surface area contributed by atoms with Gasteiger partial charge in [0.25, 0.3) is 0 Å². The number of rotatable bonds is 4. The van der Waals surface area contributed by atoms with Crippen LogP contribution in [-0.4, -0.2) is 37.1 Å². The van der Waals surface area contributed by atoms with Crippen molar-refractivity contribution < 1.29 is 0 Å². The number of nitrogens with zero attached hydrogens (tertiary/aromatic N) is 3. The molecule has 7 heteroatoms. The van der Waals surface area contributed by atoms with E-state index in [9.17, 15) is 0 Å². The minimum absolute atomic E-state index is 0. The number of benzene rings is 1. The van der Waals surface area contributed by atoms with Gasteiger partial charge in [-0.15, -0.1) is 24.0 Å². The third-order valence-electron chi connectivity index (χ3n) is 4.49. The summed E-state index contributed by atoms with van der Waals surface area (Å²) in [5.74, 6) is 0.823. The number of para-hydroxylation sites is 1. The summed E-state index contributed by atoms with van der Waals surface area (Å²) < 4.78 is 1.14. The Balaban J connectivity index is 0.00000243. The molecular formula is C19H25BrIN5. The summed E-state index contributed by atoms with van der Waals surface area (Å²) in [6.07, 6.45) is 2.91. The summed E-state index contributed by atoms with van der Waals surface area (Å²) in [5.41, 5.74) is 3.48. The Morgan fingerprint density at radius 1 is 1.31 bits per heavy atom. The lowest BCUT2D eigenvalue weighted by molar-refractivity contribution is 0.646. The zero-order chi connectivity index (χ0) is 17.6. The second-order valence-electron chi connectivity index (χ2n) is 6.22. The van der Waals surface area contributed by atoms with Gasteiger partial charge in [-0.3, -0.25) is 9.98 Å². The van der Waals surface area contributed by atoms with Gasteiger partial charge in [0.15, 0.2) is 5.96 Å². The van der Waals surface area contributed by atoms with Crippen LogP contribution >= 0.6 is 39.9 Å². The van der Waals surface area contributed by atoms with Crippen LogP contribution in [0.25, 0.3) is 0 Å². The van der Waals surface area contributed by atoms with Gasteiger partial charge >= 0.3 is 0 Å². The van der Waals surface area contributed by atoms with Crippen LogP contribution in [0.2, 0.25) is 0 Å². The van der Waals surface area contributed by atoms with E-state index >= 15 is 0 Å². The maximum absolute atomic E-state index is 4.42. The molecule has 1 aromatic heterocycles. The van der Waals surface area contributed by atoms with E-state index in [4.69, 9.17) is 0 Å². The van der Waals surface area contributed by atoms with Gasteiger partial charge in [0, 0.05) is 36.8 Å². The number of halogens is 2. The quantitative estimate of drug-likeness (QED) is 0.360. The normalized spacial score (nSPS) is 17.0. The Morgan fingerprint density at radius 2 is 2.12 bits per heavy atom. The highest BCUT2D eigenvalue weighted by atomic mass is 127. The van der Waals surface area contributed by atoms with Crippen LogP contribution < -0.4 is 15.5 Å². The third-order valence-corrected chi connectivity index (χ3v) is 5.16. The number of aliphatic imine (C=N–C) groups is 1. The van der Waals surface area contributed by atoms with E-state index in [1.165, 1.54) is 11.3 Å². The minimum Gasteiger partial charge on any atom is -0.368 e. The Hall–Kier alpha value is -1.35. The van der Waals surface area contributed by atoms with E-state index in [1.807, 2.05) is 18.3 Å². The molecule has 2 heterocycles. The molecule has 0 spiro atoms. The molecule has 140 valence electrons. The standard InChI is InChI=1S/C19H24BrN5.HI/c1-14-6-5-10-22-17(14)12-23-19(21-2)24-15-9-11-25(13-15)18-8-4-3-7-16(18)20;/h3-8,10,15H,9,11-13H2,1-2H3,(H2,21,23,24);1H. The maximum atomic E-state index is 4.42. The average molecular weight is 530 g/mol. The predicted octanol–water partition coefficient (Wildman–Crippen LogP) is 3.71. The fraction of sp³-hybridized carbons (Fsp3) is 0.368. The smallest absolute Gasteiger partial charge is 0.191 e. The number of nitrogens with one attached hydrogen (secondary N) is 2. The molecule has 26 heavy (non-hydrogen) atoms. The highest BCUT2D eigenvalue weighted by molar-refractivity contribution is 14.0. The van der Waals surface area contributed by atoms with E-state index in [1.54, 1.807) is 7.05 Å². The number of hydrogen-bond donors (Lipinski definition) is 2. The largest absolute Gasteiger partial charge is 0.368 e. The van der Waals surface area contributed by atoms with Crippen LogP contribution in [0.15, 0.2) is 52.1 Å². The van der Waals surface area contributed by atoms with Crippen molar-refractivity contribution in [1.82, 2.24) is 15.6 Å². The van der Waals surface area contributed by atoms with E-state index in [0.29, 0.717) is 12.6 Å². The van der Waals surface area contributed by atoms with E-state index < -0.39 is 0 Å². The highest BCUT2D eigenvalue weighted by Crippen LogP contribution is 2.28. The fourth-order valence-electron chi connectivity index (χ4n) is 3.06. The van der Waals surface area contributed by atoms with Crippen LogP contribution in [0.3, 0.4) is 0 Å². The van der Waals surface area contributed by atoms with Crippen molar-refractivity contribution in [1.29, 1.82) is 0 Å². The van der Waals surface area contributed by atoms with Crippen molar-refractivity contribution in [3.63, 3.8) is 0 Å². The summed E-state index contributed by atoms with van der Waals surface area (Å²) in [7, 11) is 1.81. The van der Waals surface area contributed by atoms with Crippen molar-refractivity contribution in [2.75, 3.05) is 25.0 Å². The van der Waals surface area contributed by atoms with Crippen molar-refractivity contribution in [3.05, 3.63) is 58.3 Å². The number of aryl methyl sites for hydroxylation is 1. The average Bonchev–Trinajstić information content (AvgIpc) is 3.08. The molecule has 2 N–H and O–H groups in total. The first kappa shape index (κ1) is 21.0. The summed E-state index contributed by atoms with van der Waals surface area (Å²) in [6, 6.07) is 12.8. The van der Waals surface area contributed by atoms with Gasteiger partial charge in [0.1, 0.15) is 0 Å². The second-order valence-corrected chi connectivity index (χ2v) is 7.07. The topological polar surface area (TPSA) is 52.6 Å². The molecule has 0 bridgehead atoms. The number of anilines is 1. The molecule has 1 aliphatic rings.